The van der Waals surface area contributed by atoms with E-state index in [-0.39, 0.29) is 12.6 Å². The lowest BCUT2D eigenvalue weighted by Gasteiger charge is -2.20. The molecule has 0 saturated carbocycles. The third kappa shape index (κ3) is 7.92. The Morgan fingerprint density at radius 1 is 0.889 bits per heavy atom. The molecule has 0 atom stereocenters. The van der Waals surface area contributed by atoms with E-state index in [9.17, 15) is 10.1 Å². The Morgan fingerprint density at radius 2 is 1.53 bits per heavy atom. The molecule has 0 aliphatic carbocycles. The fourth-order valence-corrected chi connectivity index (χ4v) is 3.09. The van der Waals surface area contributed by atoms with Crippen LogP contribution in [0, 0.1) is 16.7 Å². The molecule has 0 amide bonds. The highest BCUT2D eigenvalue weighted by Gasteiger charge is 2.26. The van der Waals surface area contributed by atoms with Crippen molar-refractivity contribution in [1.29, 1.82) is 5.26 Å². The predicted molar refractivity (Wildman–Crippen MR) is 137 cm³/mol. The van der Waals surface area contributed by atoms with Crippen LogP contribution < -0.4 is 18.9 Å². The van der Waals surface area contributed by atoms with Gasteiger partial charge in [-0.1, -0.05) is 13.0 Å². The van der Waals surface area contributed by atoms with Gasteiger partial charge in [-0.05, 0) is 67.8 Å². The van der Waals surface area contributed by atoms with E-state index < -0.39 is 5.41 Å². The van der Waals surface area contributed by atoms with E-state index in [0.29, 0.717) is 60.4 Å². The molecule has 0 unspecified atom stereocenters. The van der Waals surface area contributed by atoms with Crippen molar-refractivity contribution in [2.45, 2.75) is 27.2 Å². The van der Waals surface area contributed by atoms with Gasteiger partial charge in [-0.3, -0.25) is 4.79 Å². The fourth-order valence-electron chi connectivity index (χ4n) is 3.09. The molecule has 36 heavy (non-hydrogen) atoms. The third-order valence-corrected chi connectivity index (χ3v) is 5.70. The van der Waals surface area contributed by atoms with Crippen molar-refractivity contribution < 1.29 is 33.2 Å². The quantitative estimate of drug-likeness (QED) is 0.153. The van der Waals surface area contributed by atoms with Crippen LogP contribution >= 0.6 is 0 Å². The standard InChI is InChI=1S/C28H35NO7/c1-7-28(2,3)27(30)36-15-13-34-12-14-35-24-10-8-20(17-25(24)32-5)16-22(19-29)21-9-11-23(31-4)26(18-21)33-6/h8-11,16-18H,7,12-15H2,1-6H3/b22-16+. The zero-order valence-corrected chi connectivity index (χ0v) is 21.9. The van der Waals surface area contributed by atoms with E-state index in [1.54, 1.807) is 57.7 Å². The molecule has 194 valence electrons. The summed E-state index contributed by atoms with van der Waals surface area (Å²) >= 11 is 0. The van der Waals surface area contributed by atoms with Crippen LogP contribution in [0.25, 0.3) is 11.6 Å². The van der Waals surface area contributed by atoms with Gasteiger partial charge in [0.1, 0.15) is 13.2 Å². The predicted octanol–water partition coefficient (Wildman–Crippen LogP) is 5.15. The van der Waals surface area contributed by atoms with Crippen LogP contribution in [0.4, 0.5) is 0 Å². The van der Waals surface area contributed by atoms with Gasteiger partial charge in [0.25, 0.3) is 0 Å². The smallest absolute Gasteiger partial charge is 0.311 e. The van der Waals surface area contributed by atoms with Crippen molar-refractivity contribution >= 4 is 17.6 Å². The second-order valence-electron chi connectivity index (χ2n) is 8.48. The largest absolute Gasteiger partial charge is 0.493 e. The van der Waals surface area contributed by atoms with Crippen molar-refractivity contribution in [1.82, 2.24) is 0 Å². The number of carbonyl (C=O) groups is 1. The van der Waals surface area contributed by atoms with Gasteiger partial charge in [0.05, 0.1) is 51.6 Å². The molecule has 0 spiro atoms. The highest BCUT2D eigenvalue weighted by molar-refractivity contribution is 5.90. The molecule has 0 saturated heterocycles. The molecule has 0 N–H and O–H groups in total. The fraction of sp³-hybridized carbons (Fsp3) is 0.429. The Hall–Kier alpha value is -3.70. The zero-order chi connectivity index (χ0) is 26.6. The molecule has 8 nitrogen and oxygen atoms in total. The normalized spacial score (nSPS) is 11.4. The zero-order valence-electron chi connectivity index (χ0n) is 21.9. The molecule has 2 aromatic rings. The van der Waals surface area contributed by atoms with Crippen LogP contribution in [0.2, 0.25) is 0 Å². The minimum absolute atomic E-state index is 0.202. The van der Waals surface area contributed by atoms with Gasteiger partial charge in [0, 0.05) is 0 Å². The first-order chi connectivity index (χ1) is 17.3. The van der Waals surface area contributed by atoms with Crippen LogP contribution in [-0.4, -0.2) is 53.7 Å². The summed E-state index contributed by atoms with van der Waals surface area (Å²) in [6, 6.07) is 13.0. The average molecular weight is 498 g/mol. The van der Waals surface area contributed by atoms with Crippen molar-refractivity contribution in [3.63, 3.8) is 0 Å². The van der Waals surface area contributed by atoms with Gasteiger partial charge in [-0.15, -0.1) is 0 Å². The number of hydrogen-bond acceptors (Lipinski definition) is 8. The van der Waals surface area contributed by atoms with Crippen LogP contribution in [0.3, 0.4) is 0 Å². The number of allylic oxidation sites excluding steroid dienone is 1. The Morgan fingerprint density at radius 3 is 2.17 bits per heavy atom. The molecule has 0 aliphatic rings. The lowest BCUT2D eigenvalue weighted by molar-refractivity contribution is -0.155. The molecule has 2 rings (SSSR count). The van der Waals surface area contributed by atoms with Crippen molar-refractivity contribution in [3.8, 4) is 29.1 Å². The van der Waals surface area contributed by atoms with E-state index in [4.69, 9.17) is 28.4 Å². The maximum atomic E-state index is 11.9. The Bertz CT molecular complexity index is 1090. The van der Waals surface area contributed by atoms with Gasteiger partial charge >= 0.3 is 5.97 Å². The summed E-state index contributed by atoms with van der Waals surface area (Å²) < 4.78 is 32.6. The van der Waals surface area contributed by atoms with E-state index in [1.807, 2.05) is 26.8 Å². The van der Waals surface area contributed by atoms with Crippen LogP contribution in [0.1, 0.15) is 38.3 Å². The maximum Gasteiger partial charge on any atom is 0.311 e. The number of methoxy groups -OCH3 is 3. The molecule has 0 heterocycles. The Labute approximate surface area is 213 Å². The summed E-state index contributed by atoms with van der Waals surface area (Å²) in [6.45, 7) is 6.79. The average Bonchev–Trinajstić information content (AvgIpc) is 2.90. The highest BCUT2D eigenvalue weighted by atomic mass is 16.6. The lowest BCUT2D eigenvalue weighted by Crippen LogP contribution is -2.27. The summed E-state index contributed by atoms with van der Waals surface area (Å²) in [4.78, 5) is 11.9. The molecule has 0 aromatic heterocycles. The van der Waals surface area contributed by atoms with Gasteiger partial charge in [0.15, 0.2) is 23.0 Å². The number of benzene rings is 2. The molecule has 0 radical (unpaired) electrons. The van der Waals surface area contributed by atoms with Crippen molar-refractivity contribution in [3.05, 3.63) is 47.5 Å². The van der Waals surface area contributed by atoms with Crippen LogP contribution in [-0.2, 0) is 14.3 Å². The van der Waals surface area contributed by atoms with Crippen molar-refractivity contribution in [2.24, 2.45) is 5.41 Å². The number of esters is 1. The molecular formula is C28H35NO7. The monoisotopic (exact) mass is 497 g/mol. The molecular weight excluding hydrogens is 462 g/mol. The van der Waals surface area contributed by atoms with E-state index in [1.165, 1.54) is 0 Å². The number of carbonyl (C=O) groups excluding carboxylic acids is 1. The number of nitrogens with zero attached hydrogens (tertiary/aromatic N) is 1. The van der Waals surface area contributed by atoms with E-state index in [2.05, 4.69) is 6.07 Å². The highest BCUT2D eigenvalue weighted by Crippen LogP contribution is 2.33. The molecule has 2 aromatic carbocycles. The second-order valence-corrected chi connectivity index (χ2v) is 8.48. The minimum Gasteiger partial charge on any atom is -0.493 e. The number of rotatable bonds is 14. The van der Waals surface area contributed by atoms with Gasteiger partial charge < -0.3 is 28.4 Å². The topological polar surface area (TPSA) is 96.2 Å². The van der Waals surface area contributed by atoms with E-state index >= 15 is 0 Å². The lowest BCUT2D eigenvalue weighted by atomic mass is 9.91. The van der Waals surface area contributed by atoms with Crippen LogP contribution in [0.5, 0.6) is 23.0 Å². The number of hydrogen-bond donors (Lipinski definition) is 0. The van der Waals surface area contributed by atoms with Crippen molar-refractivity contribution in [2.75, 3.05) is 47.8 Å². The summed E-state index contributed by atoms with van der Waals surface area (Å²) in [5.41, 5.74) is 1.45. The Balaban J connectivity index is 1.95. The van der Waals surface area contributed by atoms with Gasteiger partial charge in [-0.2, -0.15) is 5.26 Å². The third-order valence-electron chi connectivity index (χ3n) is 5.70. The first-order valence-corrected chi connectivity index (χ1v) is 11.7. The maximum absolute atomic E-state index is 11.9. The summed E-state index contributed by atoms with van der Waals surface area (Å²) in [6.07, 6.45) is 2.47. The number of ether oxygens (including phenoxy) is 6. The molecule has 0 fully saturated rings. The molecule has 0 aliphatic heterocycles. The summed E-state index contributed by atoms with van der Waals surface area (Å²) in [5.74, 6) is 1.99. The minimum atomic E-state index is -0.490. The Kier molecular flexibility index (Phi) is 11.1. The summed E-state index contributed by atoms with van der Waals surface area (Å²) in [7, 11) is 4.67. The first kappa shape index (κ1) is 28.5. The van der Waals surface area contributed by atoms with Gasteiger partial charge in [0.2, 0.25) is 0 Å². The molecule has 8 heteroatoms. The SMILES string of the molecule is CCC(C)(C)C(=O)OCCOCCOc1ccc(/C=C(\C#N)c2ccc(OC)c(OC)c2)cc1OC. The molecule has 0 bridgehead atoms. The van der Waals surface area contributed by atoms with E-state index in [0.717, 1.165) is 5.56 Å². The second kappa shape index (κ2) is 14.0. The summed E-state index contributed by atoms with van der Waals surface area (Å²) in [5, 5.41) is 9.71. The van der Waals surface area contributed by atoms with Crippen LogP contribution in [0.15, 0.2) is 36.4 Å². The number of nitriles is 1. The van der Waals surface area contributed by atoms with Gasteiger partial charge in [-0.25, -0.2) is 0 Å². The first-order valence-electron chi connectivity index (χ1n) is 11.7.